The van der Waals surface area contributed by atoms with Gasteiger partial charge in [-0.2, -0.15) is 10.1 Å². The number of benzene rings is 2. The third kappa shape index (κ3) is 4.04. The highest BCUT2D eigenvalue weighted by atomic mass is 16.5. The van der Waals surface area contributed by atoms with E-state index in [9.17, 15) is 0 Å². The average molecular weight is 411 g/mol. The van der Waals surface area contributed by atoms with Crippen LogP contribution in [0.2, 0.25) is 0 Å². The summed E-state index contributed by atoms with van der Waals surface area (Å²) in [5.74, 6) is 2.67. The van der Waals surface area contributed by atoms with Gasteiger partial charge in [0.15, 0.2) is 0 Å². The molecular weight excluding hydrogens is 390 g/mol. The van der Waals surface area contributed by atoms with E-state index in [0.717, 1.165) is 39.3 Å². The highest BCUT2D eigenvalue weighted by molar-refractivity contribution is 5.84. The fraction of sp³-hybridized carbons (Fsp3) is 0.0870. The monoisotopic (exact) mass is 411 g/mol. The molecule has 0 atom stereocenters. The lowest BCUT2D eigenvalue weighted by Crippen LogP contribution is -2.00. The summed E-state index contributed by atoms with van der Waals surface area (Å²) < 4.78 is 5.20. The van der Waals surface area contributed by atoms with Gasteiger partial charge in [0.25, 0.3) is 0 Å². The number of nitrogens with one attached hydrogen (secondary N) is 4. The van der Waals surface area contributed by atoms with Gasteiger partial charge >= 0.3 is 0 Å². The van der Waals surface area contributed by atoms with Crippen LogP contribution >= 0.6 is 0 Å². The van der Waals surface area contributed by atoms with Crippen molar-refractivity contribution < 1.29 is 4.74 Å². The van der Waals surface area contributed by atoms with Crippen LogP contribution in [0.1, 0.15) is 5.69 Å². The van der Waals surface area contributed by atoms with Crippen LogP contribution in [0.4, 0.5) is 23.3 Å². The van der Waals surface area contributed by atoms with Crippen LogP contribution in [-0.2, 0) is 0 Å². The smallest absolute Gasteiger partial charge is 0.230 e. The van der Waals surface area contributed by atoms with Gasteiger partial charge in [-0.25, -0.2) is 4.98 Å². The largest absolute Gasteiger partial charge is 0.497 e. The highest BCUT2D eigenvalue weighted by Gasteiger charge is 2.07. The van der Waals surface area contributed by atoms with Crippen molar-refractivity contribution in [2.75, 3.05) is 17.7 Å². The van der Waals surface area contributed by atoms with Crippen molar-refractivity contribution >= 4 is 34.2 Å². The molecule has 5 aromatic rings. The normalized spacial score (nSPS) is 10.9. The summed E-state index contributed by atoms with van der Waals surface area (Å²) in [5.41, 5.74) is 5.00. The summed E-state index contributed by atoms with van der Waals surface area (Å²) in [5, 5.41) is 15.0. The highest BCUT2D eigenvalue weighted by Crippen LogP contribution is 2.25. The number of rotatable bonds is 6. The Bertz CT molecular complexity index is 1340. The third-order valence-corrected chi connectivity index (χ3v) is 4.89. The number of methoxy groups -OCH3 is 1. The quantitative estimate of drug-likeness (QED) is 0.308. The fourth-order valence-corrected chi connectivity index (χ4v) is 3.41. The maximum Gasteiger partial charge on any atom is 0.230 e. The van der Waals surface area contributed by atoms with Crippen LogP contribution in [0.3, 0.4) is 0 Å². The molecule has 4 N–H and O–H groups in total. The Morgan fingerprint density at radius 1 is 0.935 bits per heavy atom. The molecule has 3 aromatic heterocycles. The molecule has 0 spiro atoms. The number of aromatic nitrogens is 5. The molecule has 31 heavy (non-hydrogen) atoms. The molecule has 0 fully saturated rings. The fourth-order valence-electron chi connectivity index (χ4n) is 3.41. The first-order valence-corrected chi connectivity index (χ1v) is 9.82. The molecule has 5 rings (SSSR count). The van der Waals surface area contributed by atoms with Crippen LogP contribution in [0, 0.1) is 6.92 Å². The lowest BCUT2D eigenvalue weighted by Gasteiger charge is -2.07. The number of nitrogens with zero attached hydrogens (tertiary/aromatic N) is 3. The van der Waals surface area contributed by atoms with Gasteiger partial charge in [-0.1, -0.05) is 0 Å². The van der Waals surface area contributed by atoms with Crippen LogP contribution < -0.4 is 15.4 Å². The van der Waals surface area contributed by atoms with Gasteiger partial charge in [-0.15, -0.1) is 0 Å². The maximum atomic E-state index is 5.20. The molecule has 0 unspecified atom stereocenters. The Labute approximate surface area is 178 Å². The van der Waals surface area contributed by atoms with Crippen molar-refractivity contribution in [2.45, 2.75) is 6.92 Å². The predicted octanol–water partition coefficient (Wildman–Crippen LogP) is 5.15. The molecule has 8 nitrogen and oxygen atoms in total. The van der Waals surface area contributed by atoms with Gasteiger partial charge in [0.2, 0.25) is 5.95 Å². The van der Waals surface area contributed by atoms with E-state index < -0.39 is 0 Å². The van der Waals surface area contributed by atoms with E-state index in [1.54, 1.807) is 13.3 Å². The number of anilines is 4. The van der Waals surface area contributed by atoms with E-state index in [0.29, 0.717) is 17.6 Å². The summed E-state index contributed by atoms with van der Waals surface area (Å²) in [6.07, 6.45) is 1.71. The summed E-state index contributed by atoms with van der Waals surface area (Å²) in [6, 6.07) is 19.7. The summed E-state index contributed by atoms with van der Waals surface area (Å²) in [7, 11) is 1.65. The van der Waals surface area contributed by atoms with Crippen molar-refractivity contribution in [1.82, 2.24) is 25.1 Å². The Hall–Kier alpha value is -4.33. The molecule has 0 aliphatic carbocycles. The Morgan fingerprint density at radius 2 is 1.81 bits per heavy atom. The lowest BCUT2D eigenvalue weighted by molar-refractivity contribution is 0.415. The van der Waals surface area contributed by atoms with E-state index in [1.807, 2.05) is 49.4 Å². The molecule has 0 amide bonds. The topological polar surface area (TPSA) is 104 Å². The first-order chi connectivity index (χ1) is 15.2. The van der Waals surface area contributed by atoms with Gasteiger partial charge in [-0.05, 0) is 61.5 Å². The minimum atomic E-state index is 0.466. The molecule has 3 heterocycles. The lowest BCUT2D eigenvalue weighted by atomic mass is 10.1. The van der Waals surface area contributed by atoms with Crippen LogP contribution in [-0.4, -0.2) is 32.3 Å². The van der Waals surface area contributed by atoms with E-state index in [4.69, 9.17) is 4.74 Å². The SMILES string of the molecule is COc1ccc(-c2cc(Nc3nccc(Nc4ccc5[nH]c(C)cc5c4)n3)[nH]n2)cc1. The first-order valence-electron chi connectivity index (χ1n) is 9.82. The van der Waals surface area contributed by atoms with Crippen molar-refractivity contribution in [3.63, 3.8) is 0 Å². The second-order valence-electron chi connectivity index (χ2n) is 7.17. The molecule has 0 radical (unpaired) electrons. The van der Waals surface area contributed by atoms with Gasteiger partial charge in [0, 0.05) is 40.1 Å². The standard InChI is InChI=1S/C23H21N7O/c1-14-11-16-12-17(5-8-19(16)25-14)26-21-9-10-24-23(27-21)28-22-13-20(29-30-22)15-3-6-18(31-2)7-4-15/h3-13,25H,1-2H3,(H3,24,26,27,28,29,30). The zero-order chi connectivity index (χ0) is 21.2. The van der Waals surface area contributed by atoms with Crippen LogP contribution in [0.25, 0.3) is 22.2 Å². The molecule has 154 valence electrons. The van der Waals surface area contributed by atoms with Gasteiger partial charge in [0.1, 0.15) is 17.4 Å². The molecule has 0 saturated heterocycles. The molecule has 8 heteroatoms. The minimum absolute atomic E-state index is 0.466. The average Bonchev–Trinajstić information content (AvgIpc) is 3.39. The minimum Gasteiger partial charge on any atom is -0.497 e. The second kappa shape index (κ2) is 7.83. The third-order valence-electron chi connectivity index (χ3n) is 4.89. The number of ether oxygens (including phenoxy) is 1. The Morgan fingerprint density at radius 3 is 2.65 bits per heavy atom. The zero-order valence-corrected chi connectivity index (χ0v) is 17.1. The number of hydrogen-bond acceptors (Lipinski definition) is 6. The maximum absolute atomic E-state index is 5.20. The van der Waals surface area contributed by atoms with Gasteiger partial charge in [0.05, 0.1) is 12.8 Å². The molecule has 0 aliphatic rings. The molecule has 0 aliphatic heterocycles. The van der Waals surface area contributed by atoms with E-state index >= 15 is 0 Å². The zero-order valence-electron chi connectivity index (χ0n) is 17.1. The van der Waals surface area contributed by atoms with Crippen molar-refractivity contribution in [3.05, 3.63) is 72.6 Å². The van der Waals surface area contributed by atoms with Gasteiger partial charge < -0.3 is 20.4 Å². The molecule has 0 saturated carbocycles. The second-order valence-corrected chi connectivity index (χ2v) is 7.17. The Balaban J connectivity index is 1.31. The predicted molar refractivity (Wildman–Crippen MR) is 122 cm³/mol. The molecule has 0 bridgehead atoms. The number of aryl methyl sites for hydroxylation is 1. The van der Waals surface area contributed by atoms with E-state index in [1.165, 1.54) is 0 Å². The van der Waals surface area contributed by atoms with E-state index in [-0.39, 0.29) is 0 Å². The van der Waals surface area contributed by atoms with Crippen molar-refractivity contribution in [3.8, 4) is 17.0 Å². The number of aromatic amines is 2. The molecule has 2 aromatic carbocycles. The first kappa shape index (κ1) is 18.7. The Kier molecular flexibility index (Phi) is 4.72. The summed E-state index contributed by atoms with van der Waals surface area (Å²) in [4.78, 5) is 12.2. The number of fused-ring (bicyclic) bond motifs is 1. The number of H-pyrrole nitrogens is 2. The molecular formula is C23H21N7O. The summed E-state index contributed by atoms with van der Waals surface area (Å²) >= 11 is 0. The van der Waals surface area contributed by atoms with Crippen LogP contribution in [0.15, 0.2) is 66.9 Å². The van der Waals surface area contributed by atoms with Crippen molar-refractivity contribution in [1.29, 1.82) is 0 Å². The van der Waals surface area contributed by atoms with Gasteiger partial charge in [-0.3, -0.25) is 5.10 Å². The summed E-state index contributed by atoms with van der Waals surface area (Å²) in [6.45, 7) is 2.05. The number of hydrogen-bond donors (Lipinski definition) is 4. The van der Waals surface area contributed by atoms with Crippen molar-refractivity contribution in [2.24, 2.45) is 0 Å². The van der Waals surface area contributed by atoms with Crippen LogP contribution in [0.5, 0.6) is 5.75 Å². The van der Waals surface area contributed by atoms with E-state index in [2.05, 4.69) is 54.0 Å².